The van der Waals surface area contributed by atoms with Gasteiger partial charge < -0.3 is 4.18 Å². The van der Waals surface area contributed by atoms with E-state index in [9.17, 15) is 22.8 Å². The topological polar surface area (TPSA) is 110 Å². The highest BCUT2D eigenvalue weighted by Crippen LogP contribution is 2.30. The van der Waals surface area contributed by atoms with E-state index in [4.69, 9.17) is 4.18 Å². The molecule has 10 heteroatoms. The fourth-order valence-electron chi connectivity index (χ4n) is 3.37. The summed E-state index contributed by atoms with van der Waals surface area (Å²) in [5.74, 6) is -1.85. The summed E-state index contributed by atoms with van der Waals surface area (Å²) >= 11 is 3.30. The molecule has 0 aromatic heterocycles. The molecule has 35 heavy (non-hydrogen) atoms. The second-order valence-corrected chi connectivity index (χ2v) is 10.2. The molecule has 0 radical (unpaired) electrons. The molecule has 1 N–H and O–H groups in total. The second kappa shape index (κ2) is 9.47. The van der Waals surface area contributed by atoms with Crippen molar-refractivity contribution in [1.29, 1.82) is 0 Å². The Labute approximate surface area is 210 Å². The average molecular weight is 555 g/mol. The first-order valence-corrected chi connectivity index (χ1v) is 12.5. The zero-order valence-electron chi connectivity index (χ0n) is 18.6. The zero-order chi connectivity index (χ0) is 25.3. The lowest BCUT2D eigenvalue weighted by atomic mass is 10.0. The fraction of sp³-hybridized carbons (Fsp3) is 0.0800. The number of benzene rings is 3. The number of rotatable bonds is 5. The van der Waals surface area contributed by atoms with E-state index in [-0.39, 0.29) is 21.8 Å². The van der Waals surface area contributed by atoms with Gasteiger partial charge in [-0.25, -0.2) is 9.69 Å². The van der Waals surface area contributed by atoms with Crippen molar-refractivity contribution in [3.63, 3.8) is 0 Å². The third-order valence-corrected chi connectivity index (χ3v) is 7.10. The van der Waals surface area contributed by atoms with Gasteiger partial charge in [0.05, 0.1) is 5.69 Å². The summed E-state index contributed by atoms with van der Waals surface area (Å²) in [5, 5.41) is 2.16. The highest BCUT2D eigenvalue weighted by atomic mass is 79.9. The number of carbonyl (C=O) groups is 3. The minimum Gasteiger partial charge on any atom is -0.378 e. The first-order chi connectivity index (χ1) is 16.6. The summed E-state index contributed by atoms with van der Waals surface area (Å²) in [6, 6.07) is 16.2. The van der Waals surface area contributed by atoms with Gasteiger partial charge in [0.25, 0.3) is 11.8 Å². The number of urea groups is 1. The van der Waals surface area contributed by atoms with Gasteiger partial charge in [0.15, 0.2) is 0 Å². The maximum absolute atomic E-state index is 13.3. The minimum absolute atomic E-state index is 0.0560. The fourth-order valence-corrected chi connectivity index (χ4v) is 4.73. The van der Waals surface area contributed by atoms with E-state index in [0.717, 1.165) is 16.0 Å². The van der Waals surface area contributed by atoms with Crippen LogP contribution >= 0.6 is 15.9 Å². The van der Waals surface area contributed by atoms with Crippen LogP contribution in [-0.4, -0.2) is 26.3 Å². The van der Waals surface area contributed by atoms with Gasteiger partial charge >= 0.3 is 16.1 Å². The van der Waals surface area contributed by atoms with E-state index in [1.54, 1.807) is 42.5 Å². The first-order valence-electron chi connectivity index (χ1n) is 10.3. The number of hydrogen-bond donors (Lipinski definition) is 1. The molecule has 0 aliphatic carbocycles. The molecule has 1 fully saturated rings. The summed E-state index contributed by atoms with van der Waals surface area (Å²) in [6.45, 7) is 3.73. The van der Waals surface area contributed by atoms with Crippen LogP contribution in [0.15, 0.2) is 81.7 Å². The van der Waals surface area contributed by atoms with Crippen molar-refractivity contribution in [3.05, 3.63) is 93.5 Å². The quantitative estimate of drug-likeness (QED) is 0.282. The number of halogens is 1. The summed E-state index contributed by atoms with van der Waals surface area (Å²) in [4.78, 5) is 39.2. The highest BCUT2D eigenvalue weighted by Gasteiger charge is 2.37. The van der Waals surface area contributed by atoms with Crippen LogP contribution in [0.1, 0.15) is 16.7 Å². The summed E-state index contributed by atoms with van der Waals surface area (Å²) in [5.41, 5.74) is 1.92. The molecule has 4 amide bonds. The van der Waals surface area contributed by atoms with Gasteiger partial charge in [0, 0.05) is 10.0 Å². The van der Waals surface area contributed by atoms with Gasteiger partial charge in [-0.1, -0.05) is 40.2 Å². The normalized spacial score (nSPS) is 15.3. The Hall–Kier alpha value is -3.76. The molecular weight excluding hydrogens is 536 g/mol. The molecule has 3 aromatic carbocycles. The summed E-state index contributed by atoms with van der Waals surface area (Å²) < 4.78 is 31.4. The van der Waals surface area contributed by atoms with Gasteiger partial charge in [-0.2, -0.15) is 8.42 Å². The number of hydrogen-bond acceptors (Lipinski definition) is 6. The zero-order valence-corrected chi connectivity index (χ0v) is 21.0. The molecule has 178 valence electrons. The Bertz CT molecular complexity index is 1500. The van der Waals surface area contributed by atoms with Crippen molar-refractivity contribution < 1.29 is 27.0 Å². The lowest BCUT2D eigenvalue weighted by molar-refractivity contribution is -0.122. The van der Waals surface area contributed by atoms with Crippen LogP contribution in [-0.2, 0) is 19.7 Å². The number of nitrogens with one attached hydrogen (secondary N) is 1. The smallest absolute Gasteiger partial charge is 0.339 e. The second-order valence-electron chi connectivity index (χ2n) is 7.76. The van der Waals surface area contributed by atoms with Crippen LogP contribution in [0.2, 0.25) is 0 Å². The lowest BCUT2D eigenvalue weighted by Crippen LogP contribution is -2.54. The summed E-state index contributed by atoms with van der Waals surface area (Å²) in [7, 11) is -4.18. The SMILES string of the molecule is Cc1ccc(N2C(=O)NC(=O)/C(=C\c3cc(Br)ccc3OS(=O)(=O)c3ccccc3)C2=O)cc1C. The molecule has 1 aliphatic heterocycles. The monoisotopic (exact) mass is 554 g/mol. The largest absolute Gasteiger partial charge is 0.378 e. The van der Waals surface area contributed by atoms with Gasteiger partial charge in [-0.15, -0.1) is 0 Å². The molecule has 0 saturated carbocycles. The van der Waals surface area contributed by atoms with Crippen molar-refractivity contribution in [1.82, 2.24) is 5.32 Å². The van der Waals surface area contributed by atoms with E-state index in [2.05, 4.69) is 21.2 Å². The number of barbiturate groups is 1. The lowest BCUT2D eigenvalue weighted by Gasteiger charge is -2.27. The van der Waals surface area contributed by atoms with Crippen LogP contribution in [0.25, 0.3) is 6.08 Å². The van der Waals surface area contributed by atoms with Gasteiger partial charge in [0.2, 0.25) is 0 Å². The van der Waals surface area contributed by atoms with E-state index < -0.39 is 28.0 Å². The minimum atomic E-state index is -4.18. The van der Waals surface area contributed by atoms with Crippen molar-refractivity contribution in [3.8, 4) is 5.75 Å². The highest BCUT2D eigenvalue weighted by molar-refractivity contribution is 9.10. The Morgan fingerprint density at radius 1 is 0.914 bits per heavy atom. The Kier molecular flexibility index (Phi) is 6.60. The molecule has 0 unspecified atom stereocenters. The molecular formula is C25H19BrN2O6S. The molecule has 1 aliphatic rings. The van der Waals surface area contributed by atoms with Crippen LogP contribution in [0.4, 0.5) is 10.5 Å². The van der Waals surface area contributed by atoms with E-state index >= 15 is 0 Å². The average Bonchev–Trinajstić information content (AvgIpc) is 2.81. The maximum atomic E-state index is 13.3. The molecule has 1 saturated heterocycles. The van der Waals surface area contributed by atoms with E-state index in [1.807, 2.05) is 13.8 Å². The van der Waals surface area contributed by atoms with Crippen molar-refractivity contribution >= 4 is 55.7 Å². The number of aryl methyl sites for hydroxylation is 2. The number of carbonyl (C=O) groups excluding carboxylic acids is 3. The van der Waals surface area contributed by atoms with Crippen molar-refractivity contribution in [2.75, 3.05) is 4.90 Å². The van der Waals surface area contributed by atoms with Crippen molar-refractivity contribution in [2.24, 2.45) is 0 Å². The molecule has 0 spiro atoms. The number of anilines is 1. The van der Waals surface area contributed by atoms with E-state index in [0.29, 0.717) is 10.2 Å². The molecule has 3 aromatic rings. The van der Waals surface area contributed by atoms with E-state index in [1.165, 1.54) is 30.3 Å². The Morgan fingerprint density at radius 3 is 2.31 bits per heavy atom. The van der Waals surface area contributed by atoms with Gasteiger partial charge in [-0.05, 0) is 73.5 Å². The molecule has 8 nitrogen and oxygen atoms in total. The van der Waals surface area contributed by atoms with Crippen LogP contribution in [0.3, 0.4) is 0 Å². The maximum Gasteiger partial charge on any atom is 0.339 e. The number of imide groups is 2. The number of nitrogens with zero attached hydrogens (tertiary/aromatic N) is 1. The van der Waals surface area contributed by atoms with Crippen LogP contribution in [0, 0.1) is 13.8 Å². The Morgan fingerprint density at radius 2 is 1.63 bits per heavy atom. The number of amides is 4. The Balaban J connectivity index is 1.76. The third-order valence-electron chi connectivity index (χ3n) is 5.35. The summed E-state index contributed by atoms with van der Waals surface area (Å²) in [6.07, 6.45) is 1.19. The van der Waals surface area contributed by atoms with Crippen molar-refractivity contribution in [2.45, 2.75) is 18.7 Å². The van der Waals surface area contributed by atoms with Crippen LogP contribution < -0.4 is 14.4 Å². The van der Waals surface area contributed by atoms with Crippen LogP contribution in [0.5, 0.6) is 5.75 Å². The van der Waals surface area contributed by atoms with Gasteiger partial charge in [0.1, 0.15) is 16.2 Å². The molecule has 0 bridgehead atoms. The standard InChI is InChI=1S/C25H19BrN2O6S/c1-15-8-10-19(12-16(15)2)28-24(30)21(23(29)27-25(28)31)14-17-13-18(26)9-11-22(17)34-35(32,33)20-6-4-3-5-7-20/h3-14H,1-2H3,(H,27,29,31)/b21-14+. The third kappa shape index (κ3) is 5.03. The van der Waals surface area contributed by atoms with Gasteiger partial charge in [-0.3, -0.25) is 14.9 Å². The molecule has 1 heterocycles. The molecule has 4 rings (SSSR count). The first kappa shape index (κ1) is 24.4. The predicted octanol–water partition coefficient (Wildman–Crippen LogP) is 4.50. The predicted molar refractivity (Wildman–Crippen MR) is 133 cm³/mol. The molecule has 0 atom stereocenters.